The highest BCUT2D eigenvalue weighted by Crippen LogP contribution is 2.12. The first kappa shape index (κ1) is 9.96. The second kappa shape index (κ2) is 4.29. The molecular weight excluding hydrogens is 190 g/mol. The summed E-state index contributed by atoms with van der Waals surface area (Å²) in [6.07, 6.45) is 1.80. The van der Waals surface area contributed by atoms with Gasteiger partial charge in [-0.25, -0.2) is 4.98 Å². The predicted molar refractivity (Wildman–Crippen MR) is 58.7 cm³/mol. The molecule has 1 fully saturated rings. The van der Waals surface area contributed by atoms with E-state index in [4.69, 9.17) is 0 Å². The van der Waals surface area contributed by atoms with Crippen LogP contribution >= 0.6 is 0 Å². The Kier molecular flexibility index (Phi) is 2.85. The summed E-state index contributed by atoms with van der Waals surface area (Å²) in [7, 11) is 0. The van der Waals surface area contributed by atoms with Crippen molar-refractivity contribution < 1.29 is 4.79 Å². The van der Waals surface area contributed by atoms with Crippen molar-refractivity contribution in [2.24, 2.45) is 0 Å². The number of anilines is 1. The van der Waals surface area contributed by atoms with Crippen molar-refractivity contribution in [3.63, 3.8) is 0 Å². The summed E-state index contributed by atoms with van der Waals surface area (Å²) in [4.78, 5) is 19.5. The van der Waals surface area contributed by atoms with Crippen LogP contribution in [0.4, 0.5) is 5.82 Å². The largest absolute Gasteiger partial charge is 0.353 e. The number of nitrogens with zero attached hydrogens (tertiary/aromatic N) is 3. The summed E-state index contributed by atoms with van der Waals surface area (Å²) < 4.78 is 0. The van der Waals surface area contributed by atoms with E-state index in [0.717, 1.165) is 32.0 Å². The minimum atomic E-state index is 0.163. The number of pyridine rings is 1. The van der Waals surface area contributed by atoms with Crippen molar-refractivity contribution in [1.29, 1.82) is 0 Å². The molecule has 2 rings (SSSR count). The number of hydrogen-bond acceptors (Lipinski definition) is 3. The third kappa shape index (κ3) is 2.26. The number of piperazine rings is 1. The van der Waals surface area contributed by atoms with Gasteiger partial charge in [-0.1, -0.05) is 6.07 Å². The zero-order valence-electron chi connectivity index (χ0n) is 8.89. The SMILES string of the molecule is CC(=O)N1CCN(c2ccccn2)CC1. The van der Waals surface area contributed by atoms with Crippen LogP contribution in [-0.4, -0.2) is 42.0 Å². The highest BCUT2D eigenvalue weighted by atomic mass is 16.2. The quantitative estimate of drug-likeness (QED) is 0.679. The van der Waals surface area contributed by atoms with Gasteiger partial charge >= 0.3 is 0 Å². The summed E-state index contributed by atoms with van der Waals surface area (Å²) in [6, 6.07) is 5.90. The fourth-order valence-corrected chi connectivity index (χ4v) is 1.79. The maximum atomic E-state index is 11.1. The average Bonchev–Trinajstić information content (AvgIpc) is 2.30. The Balaban J connectivity index is 1.97. The molecule has 1 saturated heterocycles. The lowest BCUT2D eigenvalue weighted by Gasteiger charge is -2.34. The van der Waals surface area contributed by atoms with E-state index in [0.29, 0.717) is 0 Å². The summed E-state index contributed by atoms with van der Waals surface area (Å²) in [5, 5.41) is 0. The van der Waals surface area contributed by atoms with Gasteiger partial charge in [0.25, 0.3) is 0 Å². The average molecular weight is 205 g/mol. The lowest BCUT2D eigenvalue weighted by molar-refractivity contribution is -0.129. The topological polar surface area (TPSA) is 36.4 Å². The second-order valence-corrected chi connectivity index (χ2v) is 3.68. The van der Waals surface area contributed by atoms with Gasteiger partial charge < -0.3 is 9.80 Å². The van der Waals surface area contributed by atoms with E-state index in [1.54, 1.807) is 13.1 Å². The fraction of sp³-hybridized carbons (Fsp3) is 0.455. The molecule has 0 saturated carbocycles. The van der Waals surface area contributed by atoms with Crippen molar-refractivity contribution in [2.75, 3.05) is 31.1 Å². The van der Waals surface area contributed by atoms with Crippen LogP contribution in [0.2, 0.25) is 0 Å². The van der Waals surface area contributed by atoms with Crippen LogP contribution in [-0.2, 0) is 4.79 Å². The summed E-state index contributed by atoms with van der Waals surface area (Å²) in [6.45, 7) is 4.96. The second-order valence-electron chi connectivity index (χ2n) is 3.68. The molecule has 0 spiro atoms. The molecular formula is C11H15N3O. The molecule has 4 nitrogen and oxygen atoms in total. The number of rotatable bonds is 1. The highest BCUT2D eigenvalue weighted by molar-refractivity contribution is 5.73. The standard InChI is InChI=1S/C11H15N3O/c1-10(15)13-6-8-14(9-7-13)11-4-2-3-5-12-11/h2-5H,6-9H2,1H3. The van der Waals surface area contributed by atoms with Crippen molar-refractivity contribution in [1.82, 2.24) is 9.88 Å². The predicted octanol–water partition coefficient (Wildman–Crippen LogP) is 0.750. The van der Waals surface area contributed by atoms with Crippen molar-refractivity contribution in [2.45, 2.75) is 6.92 Å². The third-order valence-electron chi connectivity index (χ3n) is 2.70. The Bertz CT molecular complexity index is 331. The number of amides is 1. The first-order valence-corrected chi connectivity index (χ1v) is 5.19. The molecule has 4 heteroatoms. The zero-order valence-corrected chi connectivity index (χ0v) is 8.89. The number of carbonyl (C=O) groups is 1. The lowest BCUT2D eigenvalue weighted by atomic mass is 10.3. The minimum Gasteiger partial charge on any atom is -0.353 e. The van der Waals surface area contributed by atoms with E-state index < -0.39 is 0 Å². The molecule has 0 aromatic carbocycles. The first-order chi connectivity index (χ1) is 7.27. The van der Waals surface area contributed by atoms with Gasteiger partial charge in [-0.15, -0.1) is 0 Å². The van der Waals surface area contributed by atoms with Crippen LogP contribution in [0.15, 0.2) is 24.4 Å². The molecule has 80 valence electrons. The Labute approximate surface area is 89.5 Å². The van der Waals surface area contributed by atoms with Crippen LogP contribution in [0.25, 0.3) is 0 Å². The van der Waals surface area contributed by atoms with Crippen molar-refractivity contribution in [3.8, 4) is 0 Å². The Hall–Kier alpha value is -1.58. The monoisotopic (exact) mass is 205 g/mol. The molecule has 0 bridgehead atoms. The number of aromatic nitrogens is 1. The van der Waals surface area contributed by atoms with E-state index in [1.807, 2.05) is 23.1 Å². The van der Waals surface area contributed by atoms with Gasteiger partial charge in [0.2, 0.25) is 5.91 Å². The summed E-state index contributed by atoms with van der Waals surface area (Å²) in [5.74, 6) is 1.16. The van der Waals surface area contributed by atoms with E-state index in [9.17, 15) is 4.79 Å². The molecule has 0 radical (unpaired) electrons. The Morgan fingerprint density at radius 3 is 2.53 bits per heavy atom. The first-order valence-electron chi connectivity index (χ1n) is 5.19. The normalized spacial score (nSPS) is 16.6. The number of carbonyl (C=O) groups excluding carboxylic acids is 1. The van der Waals surface area contributed by atoms with Gasteiger partial charge in [0.05, 0.1) is 0 Å². The fourth-order valence-electron chi connectivity index (χ4n) is 1.79. The lowest BCUT2D eigenvalue weighted by Crippen LogP contribution is -2.48. The van der Waals surface area contributed by atoms with Crippen LogP contribution in [0.1, 0.15) is 6.92 Å². The van der Waals surface area contributed by atoms with Gasteiger partial charge in [-0.2, -0.15) is 0 Å². The van der Waals surface area contributed by atoms with E-state index in [1.165, 1.54) is 0 Å². The summed E-state index contributed by atoms with van der Waals surface area (Å²) >= 11 is 0. The van der Waals surface area contributed by atoms with E-state index in [2.05, 4.69) is 9.88 Å². The van der Waals surface area contributed by atoms with Gasteiger partial charge in [0.1, 0.15) is 5.82 Å². The molecule has 0 atom stereocenters. The molecule has 1 aliphatic rings. The molecule has 1 aromatic rings. The van der Waals surface area contributed by atoms with Crippen LogP contribution in [0, 0.1) is 0 Å². The van der Waals surface area contributed by atoms with Crippen LogP contribution < -0.4 is 4.90 Å². The molecule has 15 heavy (non-hydrogen) atoms. The molecule has 0 N–H and O–H groups in total. The van der Waals surface area contributed by atoms with Gasteiger partial charge in [0.15, 0.2) is 0 Å². The zero-order chi connectivity index (χ0) is 10.7. The smallest absolute Gasteiger partial charge is 0.219 e. The minimum absolute atomic E-state index is 0.163. The van der Waals surface area contributed by atoms with Crippen molar-refractivity contribution >= 4 is 11.7 Å². The maximum absolute atomic E-state index is 11.1. The number of hydrogen-bond donors (Lipinski definition) is 0. The summed E-state index contributed by atoms with van der Waals surface area (Å²) in [5.41, 5.74) is 0. The Morgan fingerprint density at radius 1 is 1.27 bits per heavy atom. The molecule has 1 amide bonds. The molecule has 0 aliphatic carbocycles. The van der Waals surface area contributed by atoms with Gasteiger partial charge in [0, 0.05) is 39.3 Å². The molecule has 0 unspecified atom stereocenters. The molecule has 2 heterocycles. The third-order valence-corrected chi connectivity index (χ3v) is 2.70. The van der Waals surface area contributed by atoms with Crippen LogP contribution in [0.5, 0.6) is 0 Å². The van der Waals surface area contributed by atoms with E-state index in [-0.39, 0.29) is 5.91 Å². The molecule has 1 aliphatic heterocycles. The van der Waals surface area contributed by atoms with E-state index >= 15 is 0 Å². The highest BCUT2D eigenvalue weighted by Gasteiger charge is 2.18. The maximum Gasteiger partial charge on any atom is 0.219 e. The van der Waals surface area contributed by atoms with Gasteiger partial charge in [-0.05, 0) is 12.1 Å². The van der Waals surface area contributed by atoms with Gasteiger partial charge in [-0.3, -0.25) is 4.79 Å². The van der Waals surface area contributed by atoms with Crippen molar-refractivity contribution in [3.05, 3.63) is 24.4 Å². The Morgan fingerprint density at radius 2 is 2.00 bits per heavy atom. The van der Waals surface area contributed by atoms with Crippen LogP contribution in [0.3, 0.4) is 0 Å². The molecule has 1 aromatic heterocycles.